The van der Waals surface area contributed by atoms with E-state index in [0.717, 1.165) is 21.9 Å². The molecule has 0 aromatic carbocycles. The molecule has 148 valence electrons. The minimum Gasteiger partial charge on any atom is -0.420 e. The third-order valence-corrected chi connectivity index (χ3v) is 5.58. The number of pyridine rings is 1. The van der Waals surface area contributed by atoms with Crippen LogP contribution < -0.4 is 5.32 Å². The first kappa shape index (κ1) is 19.0. The first-order chi connectivity index (χ1) is 14.0. The van der Waals surface area contributed by atoms with Crippen LogP contribution in [-0.2, 0) is 17.8 Å². The maximum atomic E-state index is 12.2. The molecule has 8 nitrogen and oxygen atoms in total. The summed E-state index contributed by atoms with van der Waals surface area (Å²) in [6.45, 7) is 3.88. The summed E-state index contributed by atoms with van der Waals surface area (Å²) in [5, 5.41) is 10.8. The quantitative estimate of drug-likeness (QED) is 0.470. The Morgan fingerprint density at radius 1 is 1.21 bits per heavy atom. The minimum atomic E-state index is -0.117. The average molecular weight is 409 g/mol. The second-order valence-electron chi connectivity index (χ2n) is 6.63. The van der Waals surface area contributed by atoms with Crippen molar-refractivity contribution >= 4 is 28.7 Å². The molecule has 1 N–H and O–H groups in total. The molecule has 0 radical (unpaired) electrons. The van der Waals surface area contributed by atoms with E-state index < -0.39 is 0 Å². The molecule has 0 atom stereocenters. The maximum Gasteiger partial charge on any atom is 0.257 e. The van der Waals surface area contributed by atoms with Gasteiger partial charge in [0.25, 0.3) is 5.89 Å². The molecule has 0 unspecified atom stereocenters. The molecular formula is C20H19N5O3S. The third-order valence-electron chi connectivity index (χ3n) is 4.41. The molecule has 0 aliphatic carbocycles. The summed E-state index contributed by atoms with van der Waals surface area (Å²) < 4.78 is 7.60. The number of imidazole rings is 1. The van der Waals surface area contributed by atoms with Crippen LogP contribution in [0.3, 0.4) is 0 Å². The van der Waals surface area contributed by atoms with Crippen molar-refractivity contribution in [1.82, 2.24) is 24.9 Å². The van der Waals surface area contributed by atoms with E-state index in [1.807, 2.05) is 35.7 Å². The molecule has 4 heterocycles. The normalized spacial score (nSPS) is 11.1. The Balaban J connectivity index is 1.30. The SMILES string of the molecule is CC(=O)c1ccc(-c2nnc(CCC(=O)NCc3cn4c(C)cccc4n3)o2)s1. The van der Waals surface area contributed by atoms with Crippen molar-refractivity contribution in [3.8, 4) is 10.8 Å². The molecule has 4 aromatic rings. The molecule has 9 heteroatoms. The second kappa shape index (κ2) is 7.96. The minimum absolute atomic E-state index is 0.00145. The third kappa shape index (κ3) is 4.24. The standard InChI is InChI=1S/C20H19N5O3S/c1-12-4-3-5-17-22-14(11-25(12)17)10-21-18(27)8-9-19-23-24-20(28-19)16-7-6-15(29-16)13(2)26/h3-7,11H,8-10H2,1-2H3,(H,21,27). The van der Waals surface area contributed by atoms with E-state index in [0.29, 0.717) is 29.6 Å². The first-order valence-corrected chi connectivity index (χ1v) is 9.95. The largest absolute Gasteiger partial charge is 0.420 e. The Morgan fingerprint density at radius 3 is 2.83 bits per heavy atom. The van der Waals surface area contributed by atoms with E-state index in [1.165, 1.54) is 18.3 Å². The Labute approximate surface area is 170 Å². The number of thiophene rings is 1. The van der Waals surface area contributed by atoms with Gasteiger partial charge in [-0.15, -0.1) is 21.5 Å². The molecule has 0 fully saturated rings. The number of carbonyl (C=O) groups is 2. The fourth-order valence-electron chi connectivity index (χ4n) is 2.88. The summed E-state index contributed by atoms with van der Waals surface area (Å²) in [5.41, 5.74) is 2.74. The van der Waals surface area contributed by atoms with Gasteiger partial charge in [0, 0.05) is 24.7 Å². The fourth-order valence-corrected chi connectivity index (χ4v) is 3.70. The summed E-state index contributed by atoms with van der Waals surface area (Å²) in [4.78, 5) is 29.4. The number of rotatable bonds is 7. The van der Waals surface area contributed by atoms with Crippen molar-refractivity contribution < 1.29 is 14.0 Å². The number of nitrogens with one attached hydrogen (secondary N) is 1. The van der Waals surface area contributed by atoms with E-state index in [-0.39, 0.29) is 18.1 Å². The van der Waals surface area contributed by atoms with Crippen molar-refractivity contribution in [3.63, 3.8) is 0 Å². The Hall–Kier alpha value is -3.33. The number of hydrogen-bond acceptors (Lipinski definition) is 7. The summed E-state index contributed by atoms with van der Waals surface area (Å²) >= 11 is 1.31. The van der Waals surface area contributed by atoms with Crippen LogP contribution in [0.2, 0.25) is 0 Å². The van der Waals surface area contributed by atoms with E-state index in [4.69, 9.17) is 4.42 Å². The van der Waals surface area contributed by atoms with Crippen LogP contribution in [0.4, 0.5) is 0 Å². The van der Waals surface area contributed by atoms with Gasteiger partial charge in [0.05, 0.1) is 22.0 Å². The van der Waals surface area contributed by atoms with Gasteiger partial charge in [0.15, 0.2) is 5.78 Å². The van der Waals surface area contributed by atoms with Crippen LogP contribution in [0.5, 0.6) is 0 Å². The van der Waals surface area contributed by atoms with Gasteiger partial charge in [-0.05, 0) is 38.1 Å². The van der Waals surface area contributed by atoms with Gasteiger partial charge >= 0.3 is 0 Å². The second-order valence-corrected chi connectivity index (χ2v) is 7.71. The predicted octanol–water partition coefficient (Wildman–Crippen LogP) is 3.21. The molecule has 0 aliphatic heterocycles. The summed E-state index contributed by atoms with van der Waals surface area (Å²) in [6.07, 6.45) is 2.50. The molecule has 0 aliphatic rings. The van der Waals surface area contributed by atoms with Crippen LogP contribution in [0.1, 0.15) is 40.3 Å². The number of hydrogen-bond donors (Lipinski definition) is 1. The van der Waals surface area contributed by atoms with Gasteiger partial charge < -0.3 is 14.1 Å². The number of Topliss-reactive ketones (excluding diaryl/α,β-unsaturated/α-hetero) is 1. The molecule has 0 saturated heterocycles. The van der Waals surface area contributed by atoms with Gasteiger partial charge in [-0.2, -0.15) is 0 Å². The summed E-state index contributed by atoms with van der Waals surface area (Å²) in [6, 6.07) is 9.41. The maximum absolute atomic E-state index is 12.2. The molecular weight excluding hydrogens is 390 g/mol. The number of carbonyl (C=O) groups excluding carboxylic acids is 2. The number of aryl methyl sites for hydroxylation is 2. The van der Waals surface area contributed by atoms with Crippen molar-refractivity contribution in [2.24, 2.45) is 0 Å². The van der Waals surface area contributed by atoms with Crippen molar-refractivity contribution in [1.29, 1.82) is 0 Å². The molecule has 0 saturated carbocycles. The zero-order valence-corrected chi connectivity index (χ0v) is 16.8. The lowest BCUT2D eigenvalue weighted by molar-refractivity contribution is -0.121. The highest BCUT2D eigenvalue weighted by Gasteiger charge is 2.14. The van der Waals surface area contributed by atoms with Gasteiger partial charge in [-0.3, -0.25) is 9.59 Å². The van der Waals surface area contributed by atoms with E-state index in [1.54, 1.807) is 12.1 Å². The highest BCUT2D eigenvalue weighted by molar-refractivity contribution is 7.17. The summed E-state index contributed by atoms with van der Waals surface area (Å²) in [5.74, 6) is 0.626. The number of fused-ring (bicyclic) bond motifs is 1. The smallest absolute Gasteiger partial charge is 0.257 e. The lowest BCUT2D eigenvalue weighted by Crippen LogP contribution is -2.23. The monoisotopic (exact) mass is 409 g/mol. The fraction of sp³-hybridized carbons (Fsp3) is 0.250. The van der Waals surface area contributed by atoms with Crippen molar-refractivity contribution in [2.45, 2.75) is 33.2 Å². The van der Waals surface area contributed by atoms with Gasteiger partial charge in [0.2, 0.25) is 11.8 Å². The number of amides is 1. The van der Waals surface area contributed by atoms with Gasteiger partial charge in [-0.25, -0.2) is 4.98 Å². The van der Waals surface area contributed by atoms with Gasteiger partial charge in [-0.1, -0.05) is 6.07 Å². The average Bonchev–Trinajstić information content (AvgIpc) is 3.43. The molecule has 0 bridgehead atoms. The zero-order valence-electron chi connectivity index (χ0n) is 16.0. The van der Waals surface area contributed by atoms with E-state index >= 15 is 0 Å². The molecule has 29 heavy (non-hydrogen) atoms. The number of ketones is 1. The zero-order chi connectivity index (χ0) is 20.4. The number of aromatic nitrogens is 4. The molecule has 0 spiro atoms. The highest BCUT2D eigenvalue weighted by Crippen LogP contribution is 2.27. The van der Waals surface area contributed by atoms with Crippen LogP contribution in [0, 0.1) is 6.92 Å². The van der Waals surface area contributed by atoms with Crippen molar-refractivity contribution in [2.75, 3.05) is 0 Å². The van der Waals surface area contributed by atoms with Gasteiger partial charge in [0.1, 0.15) is 5.65 Å². The van der Waals surface area contributed by atoms with Crippen LogP contribution in [0.25, 0.3) is 16.4 Å². The van der Waals surface area contributed by atoms with Crippen LogP contribution >= 0.6 is 11.3 Å². The Bertz CT molecular complexity index is 1190. The highest BCUT2D eigenvalue weighted by atomic mass is 32.1. The van der Waals surface area contributed by atoms with Crippen LogP contribution in [-0.4, -0.2) is 31.3 Å². The molecule has 1 amide bonds. The van der Waals surface area contributed by atoms with E-state index in [2.05, 4.69) is 20.5 Å². The molecule has 4 aromatic heterocycles. The van der Waals surface area contributed by atoms with Crippen LogP contribution in [0.15, 0.2) is 40.9 Å². The van der Waals surface area contributed by atoms with E-state index in [9.17, 15) is 9.59 Å². The lowest BCUT2D eigenvalue weighted by atomic mass is 10.3. The predicted molar refractivity (Wildman–Crippen MR) is 108 cm³/mol. The number of nitrogens with zero attached hydrogens (tertiary/aromatic N) is 4. The lowest BCUT2D eigenvalue weighted by Gasteiger charge is -2.01. The topological polar surface area (TPSA) is 102 Å². The first-order valence-electron chi connectivity index (χ1n) is 9.13. The Morgan fingerprint density at radius 2 is 2.07 bits per heavy atom. The van der Waals surface area contributed by atoms with Crippen molar-refractivity contribution in [3.05, 3.63) is 58.7 Å². The molecule has 4 rings (SSSR count). The summed E-state index contributed by atoms with van der Waals surface area (Å²) in [7, 11) is 0. The Kier molecular flexibility index (Phi) is 5.22.